The maximum Gasteiger partial charge on any atom is 0.198 e. The summed E-state index contributed by atoms with van der Waals surface area (Å²) in [5.41, 5.74) is 1.73. The number of rotatable bonds is 1. The van der Waals surface area contributed by atoms with Crippen molar-refractivity contribution in [1.82, 2.24) is 4.98 Å². The van der Waals surface area contributed by atoms with Crippen molar-refractivity contribution in [1.29, 1.82) is 0 Å². The van der Waals surface area contributed by atoms with Crippen LogP contribution in [0.4, 0.5) is 0 Å². The largest absolute Gasteiger partial charge is 0.440 e. The van der Waals surface area contributed by atoms with Crippen molar-refractivity contribution in [2.45, 2.75) is 31.6 Å². The first kappa shape index (κ1) is 9.22. The second-order valence-corrected chi connectivity index (χ2v) is 4.58. The van der Waals surface area contributed by atoms with Crippen molar-refractivity contribution < 1.29 is 4.42 Å². The molecule has 1 fully saturated rings. The predicted molar refractivity (Wildman–Crippen MR) is 60.2 cm³/mol. The number of fused-ring (bicyclic) bond motifs is 1. The minimum Gasteiger partial charge on any atom is -0.440 e. The molecule has 0 bridgehead atoms. The lowest BCUT2D eigenvalue weighted by Crippen LogP contribution is -1.90. The van der Waals surface area contributed by atoms with Crippen molar-refractivity contribution in [2.75, 3.05) is 0 Å². The second-order valence-electron chi connectivity index (χ2n) is 4.15. The van der Waals surface area contributed by atoms with E-state index in [0.29, 0.717) is 10.9 Å². The first-order valence-corrected chi connectivity index (χ1v) is 5.77. The maximum absolute atomic E-state index is 5.91. The van der Waals surface area contributed by atoms with E-state index in [9.17, 15) is 0 Å². The van der Waals surface area contributed by atoms with Crippen LogP contribution in [0.5, 0.6) is 0 Å². The van der Waals surface area contributed by atoms with Crippen LogP contribution >= 0.6 is 11.6 Å². The van der Waals surface area contributed by atoms with E-state index in [2.05, 4.69) is 4.98 Å². The highest BCUT2D eigenvalue weighted by Crippen LogP contribution is 2.35. The Morgan fingerprint density at radius 3 is 2.87 bits per heavy atom. The Hall–Kier alpha value is -1.02. The fourth-order valence-corrected chi connectivity index (χ4v) is 2.43. The Balaban J connectivity index is 2.05. The highest BCUT2D eigenvalue weighted by atomic mass is 35.5. The standard InChI is InChI=1S/C12H12ClNO/c13-9-5-6-11-10(7-9)14-12(15-11)8-3-1-2-4-8/h5-8H,1-4H2. The lowest BCUT2D eigenvalue weighted by molar-refractivity contribution is 0.474. The van der Waals surface area contributed by atoms with Gasteiger partial charge >= 0.3 is 0 Å². The third kappa shape index (κ3) is 1.63. The molecule has 2 aromatic rings. The predicted octanol–water partition coefficient (Wildman–Crippen LogP) is 4.14. The summed E-state index contributed by atoms with van der Waals surface area (Å²) in [5, 5.41) is 0.716. The molecule has 0 unspecified atom stereocenters. The summed E-state index contributed by atoms with van der Waals surface area (Å²) in [6, 6.07) is 5.59. The molecule has 2 nitrogen and oxygen atoms in total. The highest BCUT2D eigenvalue weighted by Gasteiger charge is 2.22. The molecule has 1 heterocycles. The van der Waals surface area contributed by atoms with Gasteiger partial charge in [0.05, 0.1) is 0 Å². The van der Waals surface area contributed by atoms with Crippen LogP contribution in [0, 0.1) is 0 Å². The van der Waals surface area contributed by atoms with Crippen molar-refractivity contribution in [3.05, 3.63) is 29.1 Å². The summed E-state index contributed by atoms with van der Waals surface area (Å²) in [5.74, 6) is 1.42. The van der Waals surface area contributed by atoms with E-state index < -0.39 is 0 Å². The van der Waals surface area contributed by atoms with Gasteiger partial charge in [-0.1, -0.05) is 24.4 Å². The van der Waals surface area contributed by atoms with E-state index in [1.807, 2.05) is 18.2 Å². The third-order valence-corrected chi connectivity index (χ3v) is 3.31. The Morgan fingerprint density at radius 1 is 1.27 bits per heavy atom. The zero-order valence-corrected chi connectivity index (χ0v) is 9.13. The quantitative estimate of drug-likeness (QED) is 0.724. The molecular formula is C12H12ClNO. The molecule has 0 amide bonds. The summed E-state index contributed by atoms with van der Waals surface area (Å²) >= 11 is 5.91. The Labute approximate surface area is 93.2 Å². The van der Waals surface area contributed by atoms with Gasteiger partial charge in [0.15, 0.2) is 11.5 Å². The SMILES string of the molecule is Clc1ccc2oc(C3CCCC3)nc2c1. The number of benzene rings is 1. The number of nitrogens with zero attached hydrogens (tertiary/aromatic N) is 1. The zero-order chi connectivity index (χ0) is 10.3. The van der Waals surface area contributed by atoms with E-state index >= 15 is 0 Å². The Kier molecular flexibility index (Phi) is 2.17. The molecule has 0 aliphatic heterocycles. The van der Waals surface area contributed by atoms with Gasteiger partial charge in [-0.15, -0.1) is 0 Å². The van der Waals surface area contributed by atoms with E-state index in [0.717, 1.165) is 17.0 Å². The van der Waals surface area contributed by atoms with Crippen LogP contribution in [-0.4, -0.2) is 4.98 Å². The van der Waals surface area contributed by atoms with Gasteiger partial charge in [-0.2, -0.15) is 0 Å². The number of oxazole rings is 1. The molecule has 1 aliphatic rings. The Bertz CT molecular complexity index is 485. The summed E-state index contributed by atoms with van der Waals surface area (Å²) in [7, 11) is 0. The van der Waals surface area contributed by atoms with Crippen LogP contribution < -0.4 is 0 Å². The van der Waals surface area contributed by atoms with Gasteiger partial charge in [0.2, 0.25) is 0 Å². The van der Waals surface area contributed by atoms with Crippen LogP contribution in [-0.2, 0) is 0 Å². The molecule has 3 rings (SSSR count). The zero-order valence-electron chi connectivity index (χ0n) is 8.37. The average molecular weight is 222 g/mol. The molecule has 0 spiro atoms. The average Bonchev–Trinajstić information content (AvgIpc) is 2.84. The first-order valence-electron chi connectivity index (χ1n) is 5.39. The second kappa shape index (κ2) is 3.53. The van der Waals surface area contributed by atoms with Gasteiger partial charge in [-0.25, -0.2) is 4.98 Å². The van der Waals surface area contributed by atoms with Crippen molar-refractivity contribution in [3.63, 3.8) is 0 Å². The third-order valence-electron chi connectivity index (χ3n) is 3.07. The molecule has 0 saturated heterocycles. The van der Waals surface area contributed by atoms with Gasteiger partial charge in [-0.05, 0) is 31.0 Å². The smallest absolute Gasteiger partial charge is 0.198 e. The van der Waals surface area contributed by atoms with Crippen LogP contribution in [0.3, 0.4) is 0 Å². The molecule has 3 heteroatoms. The highest BCUT2D eigenvalue weighted by molar-refractivity contribution is 6.31. The summed E-state index contributed by atoms with van der Waals surface area (Å²) in [6.07, 6.45) is 5.01. The van der Waals surface area contributed by atoms with Gasteiger partial charge in [0, 0.05) is 10.9 Å². The molecule has 78 valence electrons. The number of aromatic nitrogens is 1. The van der Waals surface area contributed by atoms with Gasteiger partial charge in [-0.3, -0.25) is 0 Å². The molecule has 1 aromatic carbocycles. The molecule has 0 atom stereocenters. The van der Waals surface area contributed by atoms with Gasteiger partial charge in [0.1, 0.15) is 5.52 Å². The van der Waals surface area contributed by atoms with Crippen LogP contribution in [0.25, 0.3) is 11.1 Å². The molecular weight excluding hydrogens is 210 g/mol. The number of hydrogen-bond donors (Lipinski definition) is 0. The fourth-order valence-electron chi connectivity index (χ4n) is 2.27. The normalized spacial score (nSPS) is 17.7. The van der Waals surface area contributed by atoms with Crippen molar-refractivity contribution in [2.24, 2.45) is 0 Å². The van der Waals surface area contributed by atoms with Crippen LogP contribution in [0.1, 0.15) is 37.5 Å². The molecule has 1 aromatic heterocycles. The molecule has 1 aliphatic carbocycles. The summed E-state index contributed by atoms with van der Waals surface area (Å²) < 4.78 is 5.74. The minimum atomic E-state index is 0.524. The van der Waals surface area contributed by atoms with Crippen molar-refractivity contribution >= 4 is 22.7 Å². The maximum atomic E-state index is 5.91. The molecule has 0 N–H and O–H groups in total. The van der Waals surface area contributed by atoms with E-state index in [4.69, 9.17) is 16.0 Å². The van der Waals surface area contributed by atoms with Crippen molar-refractivity contribution in [3.8, 4) is 0 Å². The first-order chi connectivity index (χ1) is 7.33. The summed E-state index contributed by atoms with van der Waals surface area (Å²) in [4.78, 5) is 4.50. The fraction of sp³-hybridized carbons (Fsp3) is 0.417. The lowest BCUT2D eigenvalue weighted by Gasteiger charge is -2.00. The summed E-state index contributed by atoms with van der Waals surface area (Å²) in [6.45, 7) is 0. The molecule has 0 radical (unpaired) electrons. The molecule has 1 saturated carbocycles. The van der Waals surface area contributed by atoms with Crippen LogP contribution in [0.15, 0.2) is 22.6 Å². The van der Waals surface area contributed by atoms with Crippen LogP contribution in [0.2, 0.25) is 5.02 Å². The van der Waals surface area contributed by atoms with E-state index in [1.54, 1.807) is 0 Å². The van der Waals surface area contributed by atoms with E-state index in [-0.39, 0.29) is 0 Å². The minimum absolute atomic E-state index is 0.524. The number of halogens is 1. The van der Waals surface area contributed by atoms with E-state index in [1.165, 1.54) is 25.7 Å². The Morgan fingerprint density at radius 2 is 2.07 bits per heavy atom. The van der Waals surface area contributed by atoms with Gasteiger partial charge < -0.3 is 4.42 Å². The van der Waals surface area contributed by atoms with Gasteiger partial charge in [0.25, 0.3) is 0 Å². The molecule has 15 heavy (non-hydrogen) atoms. The topological polar surface area (TPSA) is 26.0 Å². The lowest BCUT2D eigenvalue weighted by atomic mass is 10.1. The monoisotopic (exact) mass is 221 g/mol. The number of hydrogen-bond acceptors (Lipinski definition) is 2.